The van der Waals surface area contributed by atoms with Gasteiger partial charge < -0.3 is 14.8 Å². The Hall–Kier alpha value is -1.27. The van der Waals surface area contributed by atoms with Crippen molar-refractivity contribution in [2.45, 2.75) is 19.1 Å². The van der Waals surface area contributed by atoms with Gasteiger partial charge in [0.1, 0.15) is 6.10 Å². The molecular formula is C13H19NO4S. The Balaban J connectivity index is 2.12. The summed E-state index contributed by atoms with van der Waals surface area (Å²) >= 11 is 0. The highest BCUT2D eigenvalue weighted by molar-refractivity contribution is 7.91. The molecule has 0 aliphatic carbocycles. The largest absolute Gasteiger partial charge is 0.493 e. The van der Waals surface area contributed by atoms with E-state index in [9.17, 15) is 8.42 Å². The minimum Gasteiger partial charge on any atom is -0.493 e. The van der Waals surface area contributed by atoms with E-state index >= 15 is 0 Å². The van der Waals surface area contributed by atoms with Crippen molar-refractivity contribution in [1.82, 2.24) is 5.32 Å². The Morgan fingerprint density at radius 3 is 2.74 bits per heavy atom. The van der Waals surface area contributed by atoms with Crippen LogP contribution in [0.4, 0.5) is 0 Å². The van der Waals surface area contributed by atoms with Gasteiger partial charge in [-0.1, -0.05) is 6.07 Å². The summed E-state index contributed by atoms with van der Waals surface area (Å²) in [6.45, 7) is 0.744. The van der Waals surface area contributed by atoms with Crippen molar-refractivity contribution in [3.63, 3.8) is 0 Å². The van der Waals surface area contributed by atoms with Crippen molar-refractivity contribution in [3.05, 3.63) is 23.8 Å². The molecule has 0 radical (unpaired) electrons. The van der Waals surface area contributed by atoms with Gasteiger partial charge in [-0.15, -0.1) is 0 Å². The zero-order chi connectivity index (χ0) is 13.9. The van der Waals surface area contributed by atoms with Crippen molar-refractivity contribution in [2.24, 2.45) is 0 Å². The van der Waals surface area contributed by atoms with E-state index in [1.807, 2.05) is 25.2 Å². The molecule has 0 bridgehead atoms. The Morgan fingerprint density at radius 1 is 1.37 bits per heavy atom. The fraction of sp³-hybridized carbons (Fsp3) is 0.538. The predicted octanol–water partition coefficient (Wildman–Crippen LogP) is 0.980. The molecule has 1 N–H and O–H groups in total. The standard InChI is InChI=1S/C13H19NO4S/c1-14-8-10-3-4-12(13(7-10)17-2)18-11-5-6-19(15,16)9-11/h3-4,7,11,14H,5-6,8-9H2,1-2H3. The predicted molar refractivity (Wildman–Crippen MR) is 73.4 cm³/mol. The zero-order valence-electron chi connectivity index (χ0n) is 11.2. The Kier molecular flexibility index (Phi) is 4.31. The van der Waals surface area contributed by atoms with Gasteiger partial charge in [0.15, 0.2) is 21.3 Å². The van der Waals surface area contributed by atoms with Gasteiger partial charge in [-0.25, -0.2) is 8.42 Å². The average Bonchev–Trinajstić information content (AvgIpc) is 2.71. The number of rotatable bonds is 5. The summed E-state index contributed by atoms with van der Waals surface area (Å²) in [5.41, 5.74) is 1.09. The maximum Gasteiger partial charge on any atom is 0.161 e. The number of hydrogen-bond donors (Lipinski definition) is 1. The summed E-state index contributed by atoms with van der Waals surface area (Å²) in [6, 6.07) is 5.67. The molecule has 6 heteroatoms. The molecule has 1 heterocycles. The summed E-state index contributed by atoms with van der Waals surface area (Å²) in [4.78, 5) is 0. The molecule has 0 amide bonds. The van der Waals surface area contributed by atoms with Crippen LogP contribution < -0.4 is 14.8 Å². The molecule has 106 valence electrons. The van der Waals surface area contributed by atoms with E-state index in [2.05, 4.69) is 5.32 Å². The monoisotopic (exact) mass is 285 g/mol. The number of benzene rings is 1. The lowest BCUT2D eigenvalue weighted by molar-refractivity contribution is 0.218. The van der Waals surface area contributed by atoms with Crippen LogP contribution in [0, 0.1) is 0 Å². The van der Waals surface area contributed by atoms with E-state index in [4.69, 9.17) is 9.47 Å². The SMILES string of the molecule is CNCc1ccc(OC2CCS(=O)(=O)C2)c(OC)c1. The van der Waals surface area contributed by atoms with Gasteiger partial charge in [-0.2, -0.15) is 0 Å². The molecule has 1 fully saturated rings. The summed E-state index contributed by atoms with van der Waals surface area (Å²) in [6.07, 6.45) is 0.276. The van der Waals surface area contributed by atoms with Crippen LogP contribution in [0.2, 0.25) is 0 Å². The highest BCUT2D eigenvalue weighted by atomic mass is 32.2. The fourth-order valence-electron chi connectivity index (χ4n) is 2.16. The molecule has 1 saturated heterocycles. The van der Waals surface area contributed by atoms with Gasteiger partial charge in [0.2, 0.25) is 0 Å². The molecule has 1 aromatic carbocycles. The van der Waals surface area contributed by atoms with Crippen molar-refractivity contribution < 1.29 is 17.9 Å². The molecule has 1 aliphatic rings. The molecule has 5 nitrogen and oxygen atoms in total. The molecule has 1 aliphatic heterocycles. The van der Waals surface area contributed by atoms with Crippen molar-refractivity contribution in [3.8, 4) is 11.5 Å². The molecule has 2 rings (SSSR count). The first kappa shape index (κ1) is 14.1. The van der Waals surface area contributed by atoms with Crippen LogP contribution in [-0.2, 0) is 16.4 Å². The molecule has 19 heavy (non-hydrogen) atoms. The summed E-state index contributed by atoms with van der Waals surface area (Å²) in [7, 11) is 0.528. The maximum absolute atomic E-state index is 11.4. The van der Waals surface area contributed by atoms with E-state index in [1.165, 1.54) is 0 Å². The number of hydrogen-bond acceptors (Lipinski definition) is 5. The van der Waals surface area contributed by atoms with Gasteiger partial charge in [-0.05, 0) is 31.2 Å². The third-order valence-electron chi connectivity index (χ3n) is 3.09. The number of sulfone groups is 1. The molecule has 1 atom stereocenters. The third kappa shape index (κ3) is 3.61. The summed E-state index contributed by atoms with van der Waals surface area (Å²) in [5, 5.41) is 3.06. The lowest BCUT2D eigenvalue weighted by Crippen LogP contribution is -2.18. The zero-order valence-corrected chi connectivity index (χ0v) is 12.0. The Labute approximate surface area is 113 Å². The van der Waals surface area contributed by atoms with E-state index in [1.54, 1.807) is 7.11 Å². The summed E-state index contributed by atoms with van der Waals surface area (Å²) < 4.78 is 33.8. The first-order valence-electron chi connectivity index (χ1n) is 6.22. The first-order valence-corrected chi connectivity index (χ1v) is 8.05. The Bertz CT molecular complexity index is 542. The molecule has 0 aromatic heterocycles. The van der Waals surface area contributed by atoms with Crippen molar-refractivity contribution in [1.29, 1.82) is 0 Å². The van der Waals surface area contributed by atoms with Crippen molar-refractivity contribution >= 4 is 9.84 Å². The van der Waals surface area contributed by atoms with Gasteiger partial charge in [0.25, 0.3) is 0 Å². The molecule has 1 unspecified atom stereocenters. The maximum atomic E-state index is 11.4. The van der Waals surface area contributed by atoms with Crippen LogP contribution in [-0.4, -0.2) is 40.2 Å². The lowest BCUT2D eigenvalue weighted by atomic mass is 10.2. The smallest absolute Gasteiger partial charge is 0.161 e. The van der Waals surface area contributed by atoms with Gasteiger partial charge >= 0.3 is 0 Å². The van der Waals surface area contributed by atoms with E-state index in [0.717, 1.165) is 12.1 Å². The number of ether oxygens (including phenoxy) is 2. The van der Waals surface area contributed by atoms with Crippen LogP contribution in [0.25, 0.3) is 0 Å². The Morgan fingerprint density at radius 2 is 2.16 bits per heavy atom. The molecule has 0 saturated carbocycles. The van der Waals surface area contributed by atoms with Crippen LogP contribution >= 0.6 is 0 Å². The second-order valence-electron chi connectivity index (χ2n) is 4.66. The van der Waals surface area contributed by atoms with Gasteiger partial charge in [0, 0.05) is 6.54 Å². The second kappa shape index (κ2) is 5.79. The molecule has 1 aromatic rings. The van der Waals surface area contributed by atoms with Crippen LogP contribution in [0.5, 0.6) is 11.5 Å². The highest BCUT2D eigenvalue weighted by Crippen LogP contribution is 2.30. The molecule has 0 spiro atoms. The van der Waals surface area contributed by atoms with E-state index in [0.29, 0.717) is 17.9 Å². The van der Waals surface area contributed by atoms with Gasteiger partial charge in [-0.3, -0.25) is 0 Å². The lowest BCUT2D eigenvalue weighted by Gasteiger charge is -2.15. The number of nitrogens with one attached hydrogen (secondary N) is 1. The number of methoxy groups -OCH3 is 1. The third-order valence-corrected chi connectivity index (χ3v) is 4.83. The summed E-state index contributed by atoms with van der Waals surface area (Å²) in [5.74, 6) is 1.54. The van der Waals surface area contributed by atoms with Crippen molar-refractivity contribution in [2.75, 3.05) is 25.7 Å². The van der Waals surface area contributed by atoms with Crippen LogP contribution in [0.3, 0.4) is 0 Å². The van der Waals surface area contributed by atoms with Crippen LogP contribution in [0.15, 0.2) is 18.2 Å². The average molecular weight is 285 g/mol. The van der Waals surface area contributed by atoms with E-state index in [-0.39, 0.29) is 17.6 Å². The van der Waals surface area contributed by atoms with Gasteiger partial charge in [0.05, 0.1) is 18.6 Å². The minimum absolute atomic E-state index is 0.0917. The van der Waals surface area contributed by atoms with E-state index < -0.39 is 9.84 Å². The normalized spacial score (nSPS) is 21.3. The second-order valence-corrected chi connectivity index (χ2v) is 6.89. The minimum atomic E-state index is -2.93. The van der Waals surface area contributed by atoms with Crippen LogP contribution in [0.1, 0.15) is 12.0 Å². The molecular weight excluding hydrogens is 266 g/mol. The quantitative estimate of drug-likeness (QED) is 0.873. The topological polar surface area (TPSA) is 64.6 Å². The highest BCUT2D eigenvalue weighted by Gasteiger charge is 2.30. The first-order chi connectivity index (χ1) is 9.04. The fourth-order valence-corrected chi connectivity index (χ4v) is 3.75.